The van der Waals surface area contributed by atoms with Crippen molar-refractivity contribution in [1.82, 2.24) is 10.2 Å². The van der Waals surface area contributed by atoms with E-state index in [-0.39, 0.29) is 18.5 Å². The highest BCUT2D eigenvalue weighted by Crippen LogP contribution is 2.37. The molecule has 0 saturated carbocycles. The van der Waals surface area contributed by atoms with Gasteiger partial charge in [0.25, 0.3) is 5.91 Å². The number of esters is 1. The lowest BCUT2D eigenvalue weighted by molar-refractivity contribution is -0.138. The van der Waals surface area contributed by atoms with Crippen LogP contribution in [0, 0.1) is 0 Å². The first-order valence-corrected chi connectivity index (χ1v) is 12.5. The number of carbonyl (C=O) groups excluding carboxylic acids is 3. The molecule has 0 aromatic heterocycles. The standard InChI is InChI=1S/C29H28ClN3O4/c1-3-17-33-26(20-9-6-5-7-10-20)24(28(35)37-4-2)25(32-29(33)36)19-13-15-23(16-14-19)31-27(34)21-11-8-12-22(30)18-21/h5-16,18,25H,3-4,17H2,1-2H3,(H,31,34)(H,32,36). The molecule has 8 heteroatoms. The fraction of sp³-hybridized carbons (Fsp3) is 0.207. The molecule has 3 aromatic carbocycles. The first kappa shape index (κ1) is 26.0. The summed E-state index contributed by atoms with van der Waals surface area (Å²) in [6.45, 7) is 4.37. The Morgan fingerprint density at radius 2 is 1.73 bits per heavy atom. The Balaban J connectivity index is 1.72. The molecule has 0 bridgehead atoms. The van der Waals surface area contributed by atoms with Gasteiger partial charge in [0.2, 0.25) is 0 Å². The summed E-state index contributed by atoms with van der Waals surface area (Å²) in [6, 6.07) is 22.0. The quantitative estimate of drug-likeness (QED) is 0.356. The van der Waals surface area contributed by atoms with Crippen LogP contribution in [-0.4, -0.2) is 36.0 Å². The highest BCUT2D eigenvalue weighted by Gasteiger charge is 2.38. The van der Waals surface area contributed by atoms with E-state index in [1.807, 2.05) is 37.3 Å². The minimum atomic E-state index is -0.729. The number of urea groups is 1. The SMILES string of the molecule is CCCN1C(=O)NC(c2ccc(NC(=O)c3cccc(Cl)c3)cc2)C(C(=O)OCC)=C1c1ccccc1. The van der Waals surface area contributed by atoms with Gasteiger partial charge in [0.05, 0.1) is 23.9 Å². The predicted octanol–water partition coefficient (Wildman–Crippen LogP) is 6.04. The van der Waals surface area contributed by atoms with Crippen LogP contribution in [0.15, 0.2) is 84.4 Å². The summed E-state index contributed by atoms with van der Waals surface area (Å²) in [6.07, 6.45) is 0.714. The highest BCUT2D eigenvalue weighted by molar-refractivity contribution is 6.31. The van der Waals surface area contributed by atoms with Crippen molar-refractivity contribution in [3.63, 3.8) is 0 Å². The van der Waals surface area contributed by atoms with Crippen LogP contribution in [-0.2, 0) is 9.53 Å². The molecular formula is C29H28ClN3O4. The molecule has 0 radical (unpaired) electrons. The van der Waals surface area contributed by atoms with Crippen molar-refractivity contribution in [2.24, 2.45) is 0 Å². The lowest BCUT2D eigenvalue weighted by Crippen LogP contribution is -2.48. The molecule has 190 valence electrons. The van der Waals surface area contributed by atoms with Crippen LogP contribution in [0.3, 0.4) is 0 Å². The van der Waals surface area contributed by atoms with Crippen molar-refractivity contribution in [3.05, 3.63) is 106 Å². The topological polar surface area (TPSA) is 87.7 Å². The molecule has 3 aromatic rings. The Bertz CT molecular complexity index is 1320. The van der Waals surface area contributed by atoms with Gasteiger partial charge in [-0.1, -0.05) is 67.1 Å². The van der Waals surface area contributed by atoms with E-state index in [1.165, 1.54) is 0 Å². The van der Waals surface area contributed by atoms with E-state index in [1.54, 1.807) is 60.4 Å². The van der Waals surface area contributed by atoms with Crippen LogP contribution in [0.1, 0.15) is 47.8 Å². The van der Waals surface area contributed by atoms with Crippen LogP contribution in [0.2, 0.25) is 5.02 Å². The van der Waals surface area contributed by atoms with Gasteiger partial charge in [0.1, 0.15) is 0 Å². The summed E-state index contributed by atoms with van der Waals surface area (Å²) < 4.78 is 5.44. The Morgan fingerprint density at radius 3 is 2.38 bits per heavy atom. The molecular weight excluding hydrogens is 490 g/mol. The van der Waals surface area contributed by atoms with E-state index < -0.39 is 12.0 Å². The van der Waals surface area contributed by atoms with Gasteiger partial charge >= 0.3 is 12.0 Å². The summed E-state index contributed by atoms with van der Waals surface area (Å²) in [7, 11) is 0. The fourth-order valence-electron chi connectivity index (χ4n) is 4.27. The van der Waals surface area contributed by atoms with Gasteiger partial charge in [-0.05, 0) is 54.8 Å². The van der Waals surface area contributed by atoms with Crippen LogP contribution in [0.5, 0.6) is 0 Å². The van der Waals surface area contributed by atoms with Gasteiger partial charge in [0.15, 0.2) is 0 Å². The van der Waals surface area contributed by atoms with Crippen LogP contribution in [0.25, 0.3) is 5.70 Å². The number of amides is 3. The van der Waals surface area contributed by atoms with Crippen LogP contribution in [0.4, 0.5) is 10.5 Å². The number of rotatable bonds is 8. The first-order chi connectivity index (χ1) is 17.9. The number of nitrogens with one attached hydrogen (secondary N) is 2. The van der Waals surface area contributed by atoms with Crippen LogP contribution < -0.4 is 10.6 Å². The average Bonchev–Trinajstić information content (AvgIpc) is 2.90. The monoisotopic (exact) mass is 517 g/mol. The summed E-state index contributed by atoms with van der Waals surface area (Å²) in [5, 5.41) is 6.29. The maximum Gasteiger partial charge on any atom is 0.338 e. The highest BCUT2D eigenvalue weighted by atomic mass is 35.5. The van der Waals surface area contributed by atoms with E-state index >= 15 is 0 Å². The first-order valence-electron chi connectivity index (χ1n) is 12.1. The van der Waals surface area contributed by atoms with Crippen molar-refractivity contribution in [2.45, 2.75) is 26.3 Å². The second kappa shape index (κ2) is 11.8. The average molecular weight is 518 g/mol. The van der Waals surface area contributed by atoms with E-state index in [9.17, 15) is 14.4 Å². The lowest BCUT2D eigenvalue weighted by Gasteiger charge is -2.36. The largest absolute Gasteiger partial charge is 0.463 e. The second-order valence-electron chi connectivity index (χ2n) is 8.47. The minimum Gasteiger partial charge on any atom is -0.463 e. The molecule has 0 saturated heterocycles. The fourth-order valence-corrected chi connectivity index (χ4v) is 4.46. The molecule has 0 spiro atoms. The number of halogens is 1. The number of ether oxygens (including phenoxy) is 1. The van der Waals surface area contributed by atoms with Gasteiger partial charge in [-0.3, -0.25) is 9.69 Å². The molecule has 1 aliphatic heterocycles. The predicted molar refractivity (Wildman–Crippen MR) is 144 cm³/mol. The van der Waals surface area contributed by atoms with Crippen molar-refractivity contribution in [2.75, 3.05) is 18.5 Å². The summed E-state index contributed by atoms with van der Waals surface area (Å²) in [5.74, 6) is -0.791. The lowest BCUT2D eigenvalue weighted by atomic mass is 9.91. The third-order valence-corrected chi connectivity index (χ3v) is 6.14. The summed E-state index contributed by atoms with van der Waals surface area (Å²) in [4.78, 5) is 40.7. The molecule has 1 unspecified atom stereocenters. The van der Waals surface area contributed by atoms with Crippen molar-refractivity contribution < 1.29 is 19.1 Å². The second-order valence-corrected chi connectivity index (χ2v) is 8.91. The zero-order valence-corrected chi connectivity index (χ0v) is 21.4. The Kier molecular flexibility index (Phi) is 8.25. The Hall–Kier alpha value is -4.10. The van der Waals surface area contributed by atoms with Crippen molar-refractivity contribution in [3.8, 4) is 0 Å². The number of anilines is 1. The maximum absolute atomic E-state index is 13.3. The van der Waals surface area contributed by atoms with E-state index in [0.29, 0.717) is 46.1 Å². The third-order valence-electron chi connectivity index (χ3n) is 5.91. The molecule has 0 fully saturated rings. The van der Waals surface area contributed by atoms with E-state index in [4.69, 9.17) is 16.3 Å². The summed E-state index contributed by atoms with van der Waals surface area (Å²) >= 11 is 6.00. The Labute approximate surface area is 221 Å². The Morgan fingerprint density at radius 1 is 1.00 bits per heavy atom. The van der Waals surface area contributed by atoms with Gasteiger partial charge in [-0.25, -0.2) is 9.59 Å². The number of benzene rings is 3. The normalized spacial score (nSPS) is 15.3. The van der Waals surface area contributed by atoms with Gasteiger partial charge in [0, 0.05) is 22.8 Å². The zero-order valence-electron chi connectivity index (χ0n) is 20.7. The molecule has 1 atom stereocenters. The molecule has 4 rings (SSSR count). The van der Waals surface area contributed by atoms with E-state index in [0.717, 1.165) is 5.56 Å². The van der Waals surface area contributed by atoms with Gasteiger partial charge in [-0.15, -0.1) is 0 Å². The van der Waals surface area contributed by atoms with E-state index in [2.05, 4.69) is 10.6 Å². The summed E-state index contributed by atoms with van der Waals surface area (Å²) in [5.41, 5.74) is 3.33. The van der Waals surface area contributed by atoms with Gasteiger partial charge in [-0.2, -0.15) is 0 Å². The molecule has 2 N–H and O–H groups in total. The molecule has 3 amide bonds. The van der Waals surface area contributed by atoms with Crippen molar-refractivity contribution in [1.29, 1.82) is 0 Å². The van der Waals surface area contributed by atoms with Gasteiger partial charge < -0.3 is 15.4 Å². The number of hydrogen-bond donors (Lipinski definition) is 2. The zero-order chi connectivity index (χ0) is 26.4. The number of hydrogen-bond acceptors (Lipinski definition) is 4. The minimum absolute atomic E-state index is 0.202. The number of nitrogens with zero attached hydrogens (tertiary/aromatic N) is 1. The smallest absolute Gasteiger partial charge is 0.338 e. The third kappa shape index (κ3) is 5.84. The molecule has 7 nitrogen and oxygen atoms in total. The maximum atomic E-state index is 13.3. The molecule has 37 heavy (non-hydrogen) atoms. The van der Waals surface area contributed by atoms with Crippen LogP contribution >= 0.6 is 11.6 Å². The molecule has 0 aliphatic carbocycles. The number of carbonyl (C=O) groups is 3. The van der Waals surface area contributed by atoms with Crippen molar-refractivity contribution >= 4 is 40.9 Å². The molecule has 1 heterocycles. The molecule has 1 aliphatic rings.